The third kappa shape index (κ3) is 3.21. The summed E-state index contributed by atoms with van der Waals surface area (Å²) in [6.07, 6.45) is 0. The molecule has 0 saturated heterocycles. The van der Waals surface area contributed by atoms with E-state index in [9.17, 15) is 9.90 Å². The van der Waals surface area contributed by atoms with Gasteiger partial charge in [0.1, 0.15) is 6.07 Å². The van der Waals surface area contributed by atoms with Gasteiger partial charge in [0.05, 0.1) is 11.1 Å². The normalized spacial score (nSPS) is 10.1. The molecule has 2 aromatic carbocycles. The maximum Gasteiger partial charge on any atom is 0.336 e. The van der Waals surface area contributed by atoms with Gasteiger partial charge in [0, 0.05) is 14.3 Å². The number of benzene rings is 2. The van der Waals surface area contributed by atoms with Crippen LogP contribution in [-0.4, -0.2) is 11.1 Å². The number of nitriles is 1. The minimum atomic E-state index is -0.981. The van der Waals surface area contributed by atoms with Crippen LogP contribution in [0.4, 0.5) is 0 Å². The molecule has 2 aromatic rings. The lowest BCUT2D eigenvalue weighted by atomic mass is 10.2. The zero-order chi connectivity index (χ0) is 14.7. The smallest absolute Gasteiger partial charge is 0.336 e. The first-order valence-electron chi connectivity index (χ1n) is 5.72. The van der Waals surface area contributed by atoms with E-state index >= 15 is 0 Å². The molecule has 0 atom stereocenters. The summed E-state index contributed by atoms with van der Waals surface area (Å²) in [6.45, 7) is 1.91. The van der Waals surface area contributed by atoms with Crippen LogP contribution in [-0.2, 0) is 0 Å². The van der Waals surface area contributed by atoms with E-state index in [4.69, 9.17) is 5.26 Å². The van der Waals surface area contributed by atoms with Gasteiger partial charge in [-0.3, -0.25) is 0 Å². The predicted octanol–water partition coefficient (Wildman–Crippen LogP) is 4.48. The van der Waals surface area contributed by atoms with Crippen LogP contribution in [0.3, 0.4) is 0 Å². The van der Waals surface area contributed by atoms with Gasteiger partial charge in [-0.25, -0.2) is 4.79 Å². The standard InChI is InChI=1S/C15H10BrNO2S/c1-9-2-5-13(10(6-9)8-17)20-14-7-11(16)3-4-12(14)15(18)19/h2-7H,1H3,(H,18,19). The fraction of sp³-hybridized carbons (Fsp3) is 0.0667. The number of nitrogens with zero attached hydrogens (tertiary/aromatic N) is 1. The molecule has 20 heavy (non-hydrogen) atoms. The molecule has 0 aliphatic carbocycles. The van der Waals surface area contributed by atoms with Gasteiger partial charge in [0.25, 0.3) is 0 Å². The van der Waals surface area contributed by atoms with E-state index in [2.05, 4.69) is 22.0 Å². The number of halogens is 1. The predicted molar refractivity (Wildman–Crippen MR) is 81.1 cm³/mol. The van der Waals surface area contributed by atoms with Crippen LogP contribution < -0.4 is 0 Å². The first kappa shape index (κ1) is 14.6. The van der Waals surface area contributed by atoms with Crippen molar-refractivity contribution in [1.82, 2.24) is 0 Å². The van der Waals surface area contributed by atoms with E-state index in [1.165, 1.54) is 11.8 Å². The Kier molecular flexibility index (Phi) is 4.48. The van der Waals surface area contributed by atoms with E-state index in [0.29, 0.717) is 10.5 Å². The molecule has 0 amide bonds. The molecule has 3 nitrogen and oxygen atoms in total. The summed E-state index contributed by atoms with van der Waals surface area (Å²) in [7, 11) is 0. The van der Waals surface area contributed by atoms with Crippen LogP contribution in [0.15, 0.2) is 50.7 Å². The van der Waals surface area contributed by atoms with E-state index < -0.39 is 5.97 Å². The molecule has 0 spiro atoms. The van der Waals surface area contributed by atoms with Gasteiger partial charge in [0.15, 0.2) is 0 Å². The molecular weight excluding hydrogens is 338 g/mol. The van der Waals surface area contributed by atoms with Gasteiger partial charge in [-0.05, 0) is 42.8 Å². The molecule has 0 bridgehead atoms. The number of aromatic carboxylic acids is 1. The highest BCUT2D eigenvalue weighted by Gasteiger charge is 2.13. The zero-order valence-corrected chi connectivity index (χ0v) is 13.0. The summed E-state index contributed by atoms with van der Waals surface area (Å²) in [4.78, 5) is 12.6. The van der Waals surface area contributed by atoms with E-state index in [-0.39, 0.29) is 5.56 Å². The third-order valence-corrected chi connectivity index (χ3v) is 4.28. The minimum absolute atomic E-state index is 0.225. The molecule has 0 aromatic heterocycles. The molecule has 0 radical (unpaired) electrons. The highest BCUT2D eigenvalue weighted by Crippen LogP contribution is 2.34. The van der Waals surface area contributed by atoms with Crippen molar-refractivity contribution in [1.29, 1.82) is 5.26 Å². The van der Waals surface area contributed by atoms with Gasteiger partial charge in [-0.2, -0.15) is 5.26 Å². The number of carbonyl (C=O) groups is 1. The quantitative estimate of drug-likeness (QED) is 0.889. The minimum Gasteiger partial charge on any atom is -0.478 e. The first-order chi connectivity index (χ1) is 9.51. The molecular formula is C15H10BrNO2S. The van der Waals surface area contributed by atoms with Crippen molar-refractivity contribution < 1.29 is 9.90 Å². The van der Waals surface area contributed by atoms with Crippen LogP contribution >= 0.6 is 27.7 Å². The third-order valence-electron chi connectivity index (χ3n) is 2.65. The van der Waals surface area contributed by atoms with E-state index in [0.717, 1.165) is 14.9 Å². The second-order valence-electron chi connectivity index (χ2n) is 4.16. The van der Waals surface area contributed by atoms with Crippen molar-refractivity contribution in [2.45, 2.75) is 16.7 Å². The molecule has 100 valence electrons. The molecule has 0 aliphatic rings. The van der Waals surface area contributed by atoms with Crippen LogP contribution in [0.5, 0.6) is 0 Å². The molecule has 0 fully saturated rings. The highest BCUT2D eigenvalue weighted by atomic mass is 79.9. The summed E-state index contributed by atoms with van der Waals surface area (Å²) in [5.74, 6) is -0.981. The molecule has 0 unspecified atom stereocenters. The Morgan fingerprint density at radius 3 is 2.65 bits per heavy atom. The van der Waals surface area contributed by atoms with Gasteiger partial charge in [-0.1, -0.05) is 33.8 Å². The Bertz CT molecular complexity index is 722. The van der Waals surface area contributed by atoms with Crippen molar-refractivity contribution in [3.63, 3.8) is 0 Å². The molecule has 0 aliphatic heterocycles. The Morgan fingerprint density at radius 1 is 1.25 bits per heavy atom. The fourth-order valence-corrected chi connectivity index (χ4v) is 3.25. The van der Waals surface area contributed by atoms with Crippen LogP contribution in [0.2, 0.25) is 0 Å². The lowest BCUT2D eigenvalue weighted by molar-refractivity contribution is 0.0693. The number of hydrogen-bond acceptors (Lipinski definition) is 3. The lowest BCUT2D eigenvalue weighted by Gasteiger charge is -2.08. The topological polar surface area (TPSA) is 61.1 Å². The van der Waals surface area contributed by atoms with Gasteiger partial charge >= 0.3 is 5.97 Å². The zero-order valence-electron chi connectivity index (χ0n) is 10.6. The average Bonchev–Trinajstić information content (AvgIpc) is 2.40. The number of aryl methyl sites for hydroxylation is 1. The van der Waals surface area contributed by atoms with Crippen molar-refractivity contribution in [3.8, 4) is 6.07 Å². The Morgan fingerprint density at radius 2 is 2.00 bits per heavy atom. The van der Waals surface area contributed by atoms with Crippen molar-refractivity contribution in [2.75, 3.05) is 0 Å². The number of carboxylic acids is 1. The summed E-state index contributed by atoms with van der Waals surface area (Å²) < 4.78 is 0.801. The molecule has 2 rings (SSSR count). The summed E-state index contributed by atoms with van der Waals surface area (Å²) >= 11 is 4.62. The lowest BCUT2D eigenvalue weighted by Crippen LogP contribution is -1.98. The maximum absolute atomic E-state index is 11.2. The maximum atomic E-state index is 11.2. The van der Waals surface area contributed by atoms with Crippen LogP contribution in [0.25, 0.3) is 0 Å². The van der Waals surface area contributed by atoms with Gasteiger partial charge in [0.2, 0.25) is 0 Å². The van der Waals surface area contributed by atoms with E-state index in [1.807, 2.05) is 19.1 Å². The summed E-state index contributed by atoms with van der Waals surface area (Å²) in [5.41, 5.74) is 1.77. The summed E-state index contributed by atoms with van der Waals surface area (Å²) in [6, 6.07) is 12.7. The van der Waals surface area contributed by atoms with Crippen LogP contribution in [0, 0.1) is 18.3 Å². The van der Waals surface area contributed by atoms with Crippen molar-refractivity contribution in [2.24, 2.45) is 0 Å². The van der Waals surface area contributed by atoms with Gasteiger partial charge in [-0.15, -0.1) is 0 Å². The summed E-state index contributed by atoms with van der Waals surface area (Å²) in [5, 5.41) is 18.4. The van der Waals surface area contributed by atoms with Gasteiger partial charge < -0.3 is 5.11 Å². The van der Waals surface area contributed by atoms with Crippen LogP contribution in [0.1, 0.15) is 21.5 Å². The average molecular weight is 348 g/mol. The number of carboxylic acid groups (broad SMARTS) is 1. The highest BCUT2D eigenvalue weighted by molar-refractivity contribution is 9.10. The SMILES string of the molecule is Cc1ccc(Sc2cc(Br)ccc2C(=O)O)c(C#N)c1. The van der Waals surface area contributed by atoms with Crippen molar-refractivity contribution in [3.05, 3.63) is 57.6 Å². The largest absolute Gasteiger partial charge is 0.478 e. The Balaban J connectivity index is 2.47. The molecule has 1 N–H and O–H groups in total. The second-order valence-corrected chi connectivity index (χ2v) is 6.16. The monoisotopic (exact) mass is 347 g/mol. The number of hydrogen-bond donors (Lipinski definition) is 1. The first-order valence-corrected chi connectivity index (χ1v) is 7.33. The fourth-order valence-electron chi connectivity index (χ4n) is 1.70. The molecule has 0 heterocycles. The Hall–Kier alpha value is -1.77. The Labute approximate surface area is 129 Å². The molecule has 5 heteroatoms. The molecule has 0 saturated carbocycles. The van der Waals surface area contributed by atoms with E-state index in [1.54, 1.807) is 24.3 Å². The number of rotatable bonds is 3. The van der Waals surface area contributed by atoms with Crippen molar-refractivity contribution >= 4 is 33.7 Å². The second kappa shape index (κ2) is 6.12.